The van der Waals surface area contributed by atoms with Crippen LogP contribution in [0.15, 0.2) is 66.1 Å². The third kappa shape index (κ3) is 4.02. The standard InChI is InChI=1S/C27H27FN4O2/c1-19-17-31(18-29-19)23-11-5-20(15-24(23)34-2)6-12-25-30-26(33)16-27(13-3-4-14-32(25)27)21-7-9-22(28)10-8-21/h5-12,15,17-18H,3-4,13-14,16H2,1-2H3. The highest BCUT2D eigenvalue weighted by atomic mass is 19.1. The molecule has 174 valence electrons. The number of nitrogens with zero attached hydrogens (tertiary/aromatic N) is 4. The minimum atomic E-state index is -0.481. The number of halogens is 1. The van der Waals surface area contributed by atoms with Crippen molar-refractivity contribution in [3.05, 3.63) is 83.7 Å². The molecule has 5 rings (SSSR count). The summed E-state index contributed by atoms with van der Waals surface area (Å²) in [6.07, 6.45) is 10.7. The van der Waals surface area contributed by atoms with Gasteiger partial charge in [0, 0.05) is 12.7 Å². The lowest BCUT2D eigenvalue weighted by Crippen LogP contribution is -2.55. The van der Waals surface area contributed by atoms with E-state index in [0.717, 1.165) is 54.1 Å². The first-order valence-electron chi connectivity index (χ1n) is 11.5. The van der Waals surface area contributed by atoms with Crippen LogP contribution in [0.2, 0.25) is 0 Å². The van der Waals surface area contributed by atoms with Crippen molar-refractivity contribution in [2.45, 2.75) is 38.1 Å². The van der Waals surface area contributed by atoms with Gasteiger partial charge in [0.2, 0.25) is 5.91 Å². The van der Waals surface area contributed by atoms with Crippen molar-refractivity contribution in [3.8, 4) is 11.4 Å². The van der Waals surface area contributed by atoms with Crippen LogP contribution in [0, 0.1) is 12.7 Å². The first-order chi connectivity index (χ1) is 16.5. The summed E-state index contributed by atoms with van der Waals surface area (Å²) in [6, 6.07) is 12.5. The molecule has 0 radical (unpaired) electrons. The number of aryl methyl sites for hydroxylation is 1. The second-order valence-corrected chi connectivity index (χ2v) is 8.87. The molecule has 0 bridgehead atoms. The topological polar surface area (TPSA) is 59.7 Å². The molecule has 0 aliphatic carbocycles. The van der Waals surface area contributed by atoms with Gasteiger partial charge in [-0.3, -0.25) is 4.79 Å². The van der Waals surface area contributed by atoms with E-state index in [1.165, 1.54) is 12.1 Å². The van der Waals surface area contributed by atoms with Gasteiger partial charge in [0.1, 0.15) is 17.4 Å². The van der Waals surface area contributed by atoms with Crippen LogP contribution in [0.1, 0.15) is 42.5 Å². The number of hydrogen-bond donors (Lipinski definition) is 0. The van der Waals surface area contributed by atoms with Gasteiger partial charge in [-0.25, -0.2) is 9.37 Å². The summed E-state index contributed by atoms with van der Waals surface area (Å²) in [5.74, 6) is 0.945. The number of carbonyl (C=O) groups excluding carboxylic acids is 1. The van der Waals surface area contributed by atoms with Crippen LogP contribution in [-0.4, -0.2) is 39.8 Å². The van der Waals surface area contributed by atoms with Crippen molar-refractivity contribution in [2.75, 3.05) is 13.7 Å². The van der Waals surface area contributed by atoms with Crippen molar-refractivity contribution in [2.24, 2.45) is 4.99 Å². The Hall–Kier alpha value is -3.74. The van der Waals surface area contributed by atoms with Crippen LogP contribution in [0.5, 0.6) is 5.75 Å². The van der Waals surface area contributed by atoms with Gasteiger partial charge in [-0.2, -0.15) is 4.99 Å². The van der Waals surface area contributed by atoms with E-state index in [4.69, 9.17) is 4.74 Å². The molecule has 1 atom stereocenters. The summed E-state index contributed by atoms with van der Waals surface area (Å²) in [4.78, 5) is 23.6. The van der Waals surface area contributed by atoms with E-state index in [-0.39, 0.29) is 11.7 Å². The molecular weight excluding hydrogens is 431 g/mol. The molecule has 1 aromatic heterocycles. The van der Waals surface area contributed by atoms with Gasteiger partial charge in [-0.15, -0.1) is 0 Å². The number of hydrogen-bond acceptors (Lipinski definition) is 4. The largest absolute Gasteiger partial charge is 0.495 e. The van der Waals surface area contributed by atoms with Crippen LogP contribution in [-0.2, 0) is 10.3 Å². The maximum Gasteiger partial charge on any atom is 0.250 e. The fourth-order valence-electron chi connectivity index (χ4n) is 5.06. The molecular formula is C27H27FN4O2. The first-order valence-corrected chi connectivity index (χ1v) is 11.5. The highest BCUT2D eigenvalue weighted by Crippen LogP contribution is 2.43. The molecule has 7 heteroatoms. The maximum absolute atomic E-state index is 13.6. The van der Waals surface area contributed by atoms with E-state index in [1.54, 1.807) is 25.6 Å². The van der Waals surface area contributed by atoms with Gasteiger partial charge in [-0.1, -0.05) is 24.3 Å². The molecule has 3 aromatic rings. The lowest BCUT2D eigenvalue weighted by Gasteiger charge is -2.50. The Bertz CT molecular complexity index is 1280. The molecule has 6 nitrogen and oxygen atoms in total. The number of aliphatic imine (C=N–C) groups is 1. The zero-order valence-electron chi connectivity index (χ0n) is 19.4. The fraction of sp³-hybridized carbons (Fsp3) is 0.296. The summed E-state index contributed by atoms with van der Waals surface area (Å²) in [7, 11) is 1.64. The van der Waals surface area contributed by atoms with Gasteiger partial charge in [0.25, 0.3) is 0 Å². The molecule has 2 aromatic carbocycles. The third-order valence-electron chi connectivity index (χ3n) is 6.70. The Morgan fingerprint density at radius 2 is 1.94 bits per heavy atom. The third-order valence-corrected chi connectivity index (χ3v) is 6.70. The predicted octanol–water partition coefficient (Wildman–Crippen LogP) is 5.05. The van der Waals surface area contributed by atoms with Crippen molar-refractivity contribution >= 4 is 17.8 Å². The Labute approximate surface area is 198 Å². The number of amidine groups is 1. The molecule has 0 saturated carbocycles. The molecule has 2 aliphatic rings. The van der Waals surface area contributed by atoms with E-state index >= 15 is 0 Å². The van der Waals surface area contributed by atoms with Crippen molar-refractivity contribution in [3.63, 3.8) is 0 Å². The minimum Gasteiger partial charge on any atom is -0.495 e. The van der Waals surface area contributed by atoms with Gasteiger partial charge in [-0.05, 0) is 67.7 Å². The molecule has 1 saturated heterocycles. The SMILES string of the molecule is COc1cc(C=CC2=NC(=O)CC3(c4ccc(F)cc4)CCCCN23)ccc1-n1cnc(C)c1. The van der Waals surface area contributed by atoms with Crippen LogP contribution >= 0.6 is 0 Å². The number of rotatable bonds is 5. The van der Waals surface area contributed by atoms with E-state index in [1.807, 2.05) is 48.0 Å². The quantitative estimate of drug-likeness (QED) is 0.537. The second kappa shape index (κ2) is 8.89. The maximum atomic E-state index is 13.6. The second-order valence-electron chi connectivity index (χ2n) is 8.87. The van der Waals surface area contributed by atoms with E-state index in [0.29, 0.717) is 12.3 Å². The molecule has 34 heavy (non-hydrogen) atoms. The number of methoxy groups -OCH3 is 1. The lowest BCUT2D eigenvalue weighted by atomic mass is 9.76. The summed E-state index contributed by atoms with van der Waals surface area (Å²) in [6.45, 7) is 2.74. The van der Waals surface area contributed by atoms with Crippen LogP contribution in [0.3, 0.4) is 0 Å². The molecule has 0 N–H and O–H groups in total. The van der Waals surface area contributed by atoms with Crippen LogP contribution < -0.4 is 4.74 Å². The summed E-state index contributed by atoms with van der Waals surface area (Å²) >= 11 is 0. The van der Waals surface area contributed by atoms with E-state index in [9.17, 15) is 9.18 Å². The number of aromatic nitrogens is 2. The summed E-state index contributed by atoms with van der Waals surface area (Å²) in [5, 5.41) is 0. The van der Waals surface area contributed by atoms with Crippen LogP contribution in [0.25, 0.3) is 11.8 Å². The first kappa shape index (κ1) is 22.1. The molecule has 2 aliphatic heterocycles. The number of carbonyl (C=O) groups is 1. The minimum absolute atomic E-state index is 0.148. The predicted molar refractivity (Wildman–Crippen MR) is 130 cm³/mol. The highest BCUT2D eigenvalue weighted by molar-refractivity contribution is 6.06. The molecule has 1 unspecified atom stereocenters. The molecule has 1 fully saturated rings. The normalized spacial score (nSPS) is 20.4. The summed E-state index contributed by atoms with van der Waals surface area (Å²) in [5.41, 5.74) is 3.24. The lowest BCUT2D eigenvalue weighted by molar-refractivity contribution is -0.122. The Morgan fingerprint density at radius 1 is 1.12 bits per heavy atom. The van der Waals surface area contributed by atoms with Gasteiger partial charge in [0.15, 0.2) is 0 Å². The number of amides is 1. The van der Waals surface area contributed by atoms with Gasteiger partial charge >= 0.3 is 0 Å². The zero-order chi connectivity index (χ0) is 23.7. The number of piperidine rings is 1. The Kier molecular flexibility index (Phi) is 5.77. The molecule has 0 spiro atoms. The number of fused-ring (bicyclic) bond motifs is 1. The van der Waals surface area contributed by atoms with Gasteiger partial charge < -0.3 is 14.2 Å². The average Bonchev–Trinajstić information content (AvgIpc) is 3.28. The number of ether oxygens (including phenoxy) is 1. The Balaban J connectivity index is 1.47. The van der Waals surface area contributed by atoms with Crippen LogP contribution in [0.4, 0.5) is 4.39 Å². The van der Waals surface area contributed by atoms with E-state index in [2.05, 4.69) is 14.9 Å². The van der Waals surface area contributed by atoms with Crippen molar-refractivity contribution in [1.29, 1.82) is 0 Å². The smallest absolute Gasteiger partial charge is 0.250 e. The van der Waals surface area contributed by atoms with Crippen molar-refractivity contribution in [1.82, 2.24) is 14.5 Å². The van der Waals surface area contributed by atoms with Gasteiger partial charge in [0.05, 0.1) is 36.8 Å². The monoisotopic (exact) mass is 458 g/mol. The van der Waals surface area contributed by atoms with E-state index < -0.39 is 5.54 Å². The zero-order valence-corrected chi connectivity index (χ0v) is 19.4. The number of imidazole rings is 1. The Morgan fingerprint density at radius 3 is 2.68 bits per heavy atom. The molecule has 3 heterocycles. The molecule has 1 amide bonds. The van der Waals surface area contributed by atoms with Crippen molar-refractivity contribution < 1.29 is 13.9 Å². The highest BCUT2D eigenvalue weighted by Gasteiger charge is 2.45. The average molecular weight is 459 g/mol. The fourth-order valence-corrected chi connectivity index (χ4v) is 5.06. The summed E-state index contributed by atoms with van der Waals surface area (Å²) < 4.78 is 21.2. The number of benzene rings is 2.